The molecule has 0 aliphatic rings. The van der Waals surface area contributed by atoms with Crippen molar-refractivity contribution in [2.45, 2.75) is 6.92 Å². The smallest absolute Gasteiger partial charge is 0.301 e. The first-order chi connectivity index (χ1) is 7.15. The summed E-state index contributed by atoms with van der Waals surface area (Å²) in [5.74, 6) is -0.208. The standard InChI is InChI=1S/C9H7BrN2O3/c1-5-4-14-9(11-5)12-8(13)6-2-3-7(10)15-6/h2-4H,1H3,(H,11,12,13). The van der Waals surface area contributed by atoms with E-state index in [4.69, 9.17) is 8.83 Å². The second kappa shape index (κ2) is 3.90. The van der Waals surface area contributed by atoms with Gasteiger partial charge in [0.05, 0.1) is 5.69 Å². The number of oxazole rings is 1. The van der Waals surface area contributed by atoms with Crippen molar-refractivity contribution in [2.24, 2.45) is 0 Å². The zero-order valence-corrected chi connectivity index (χ0v) is 9.37. The number of carbonyl (C=O) groups is 1. The third kappa shape index (κ3) is 2.27. The van der Waals surface area contributed by atoms with Crippen molar-refractivity contribution in [1.82, 2.24) is 4.98 Å². The number of hydrogen-bond donors (Lipinski definition) is 1. The quantitative estimate of drug-likeness (QED) is 0.911. The molecule has 0 aliphatic carbocycles. The third-order valence-corrected chi connectivity index (χ3v) is 2.06. The molecule has 2 aromatic heterocycles. The lowest BCUT2D eigenvalue weighted by Crippen LogP contribution is -2.10. The number of amides is 1. The van der Waals surface area contributed by atoms with Gasteiger partial charge in [0, 0.05) is 0 Å². The summed E-state index contributed by atoms with van der Waals surface area (Å²) in [5, 5.41) is 2.46. The lowest BCUT2D eigenvalue weighted by atomic mass is 10.4. The van der Waals surface area contributed by atoms with Crippen molar-refractivity contribution < 1.29 is 13.6 Å². The monoisotopic (exact) mass is 270 g/mol. The minimum Gasteiger partial charge on any atom is -0.444 e. The van der Waals surface area contributed by atoms with Crippen molar-refractivity contribution in [1.29, 1.82) is 0 Å². The molecule has 1 amide bonds. The van der Waals surface area contributed by atoms with Crippen molar-refractivity contribution in [2.75, 3.05) is 5.32 Å². The van der Waals surface area contributed by atoms with E-state index in [1.54, 1.807) is 19.1 Å². The molecule has 0 atom stereocenters. The van der Waals surface area contributed by atoms with Gasteiger partial charge in [-0.15, -0.1) is 0 Å². The number of halogens is 1. The van der Waals surface area contributed by atoms with Crippen LogP contribution in [0, 0.1) is 6.92 Å². The first-order valence-electron chi connectivity index (χ1n) is 4.14. The van der Waals surface area contributed by atoms with Crippen LogP contribution in [0.2, 0.25) is 0 Å². The third-order valence-electron chi connectivity index (χ3n) is 1.64. The summed E-state index contributed by atoms with van der Waals surface area (Å²) < 4.78 is 10.5. The summed E-state index contributed by atoms with van der Waals surface area (Å²) in [7, 11) is 0. The Balaban J connectivity index is 2.10. The van der Waals surface area contributed by atoms with Crippen LogP contribution in [0.15, 0.2) is 31.9 Å². The molecule has 2 aromatic rings. The highest BCUT2D eigenvalue weighted by Crippen LogP contribution is 2.15. The van der Waals surface area contributed by atoms with Gasteiger partial charge >= 0.3 is 6.01 Å². The van der Waals surface area contributed by atoms with Gasteiger partial charge in [0.1, 0.15) is 6.26 Å². The van der Waals surface area contributed by atoms with Gasteiger partial charge in [-0.25, -0.2) is 0 Å². The highest BCUT2D eigenvalue weighted by molar-refractivity contribution is 9.10. The second-order valence-electron chi connectivity index (χ2n) is 2.85. The molecule has 6 heteroatoms. The predicted octanol–water partition coefficient (Wildman–Crippen LogP) is 2.59. The van der Waals surface area contributed by atoms with Crippen LogP contribution in [0.25, 0.3) is 0 Å². The van der Waals surface area contributed by atoms with Crippen LogP contribution in [-0.2, 0) is 0 Å². The summed E-state index contributed by atoms with van der Waals surface area (Å²) in [5.41, 5.74) is 0.700. The fourth-order valence-electron chi connectivity index (χ4n) is 1.01. The van der Waals surface area contributed by atoms with E-state index in [2.05, 4.69) is 26.2 Å². The summed E-state index contributed by atoms with van der Waals surface area (Å²) in [6, 6.07) is 3.34. The number of furan rings is 1. The molecule has 0 aromatic carbocycles. The predicted molar refractivity (Wildman–Crippen MR) is 55.6 cm³/mol. The molecule has 0 saturated carbocycles. The zero-order chi connectivity index (χ0) is 10.8. The molecule has 0 unspecified atom stereocenters. The van der Waals surface area contributed by atoms with E-state index in [0.29, 0.717) is 10.4 Å². The lowest BCUT2D eigenvalue weighted by molar-refractivity contribution is 0.0992. The average molecular weight is 271 g/mol. The molecule has 0 radical (unpaired) electrons. The van der Waals surface area contributed by atoms with Gasteiger partial charge in [-0.2, -0.15) is 4.98 Å². The molecule has 78 valence electrons. The van der Waals surface area contributed by atoms with Crippen LogP contribution >= 0.6 is 15.9 Å². The Morgan fingerprint density at radius 3 is 2.87 bits per heavy atom. The molecule has 1 N–H and O–H groups in total. The van der Waals surface area contributed by atoms with Gasteiger partial charge in [0.15, 0.2) is 10.4 Å². The Kier molecular flexibility index (Phi) is 2.59. The number of rotatable bonds is 2. The summed E-state index contributed by atoms with van der Waals surface area (Å²) >= 11 is 3.10. The number of aromatic nitrogens is 1. The van der Waals surface area contributed by atoms with Crippen molar-refractivity contribution in [3.63, 3.8) is 0 Å². The zero-order valence-electron chi connectivity index (χ0n) is 7.78. The highest BCUT2D eigenvalue weighted by Gasteiger charge is 2.12. The second-order valence-corrected chi connectivity index (χ2v) is 3.63. The number of aryl methyl sites for hydroxylation is 1. The van der Waals surface area contributed by atoms with E-state index in [-0.39, 0.29) is 11.8 Å². The number of carbonyl (C=O) groups excluding carboxylic acids is 1. The largest absolute Gasteiger partial charge is 0.444 e. The molecule has 0 spiro atoms. The molecule has 5 nitrogen and oxygen atoms in total. The SMILES string of the molecule is Cc1coc(NC(=O)c2ccc(Br)o2)n1. The normalized spacial score (nSPS) is 10.3. The first kappa shape index (κ1) is 9.97. The number of nitrogens with zero attached hydrogens (tertiary/aromatic N) is 1. The van der Waals surface area contributed by atoms with E-state index >= 15 is 0 Å². The van der Waals surface area contributed by atoms with Gasteiger partial charge in [-0.1, -0.05) is 0 Å². The molecular weight excluding hydrogens is 264 g/mol. The fraction of sp³-hybridized carbons (Fsp3) is 0.111. The molecule has 2 rings (SSSR count). The van der Waals surface area contributed by atoms with E-state index in [1.807, 2.05) is 0 Å². The maximum Gasteiger partial charge on any atom is 0.301 e. The summed E-state index contributed by atoms with van der Waals surface area (Å²) in [6.07, 6.45) is 1.45. The van der Waals surface area contributed by atoms with E-state index in [0.717, 1.165) is 0 Å². The van der Waals surface area contributed by atoms with E-state index in [9.17, 15) is 4.79 Å². The maximum atomic E-state index is 11.5. The Hall–Kier alpha value is -1.56. The Bertz CT molecular complexity index is 489. The number of hydrogen-bond acceptors (Lipinski definition) is 4. The highest BCUT2D eigenvalue weighted by atomic mass is 79.9. The van der Waals surface area contributed by atoms with Gasteiger partial charge in [-0.3, -0.25) is 10.1 Å². The topological polar surface area (TPSA) is 68.3 Å². The van der Waals surface area contributed by atoms with Gasteiger partial charge < -0.3 is 8.83 Å². The average Bonchev–Trinajstić information content (AvgIpc) is 2.75. The molecule has 0 bridgehead atoms. The minimum atomic E-state index is -0.400. The van der Waals surface area contributed by atoms with Crippen LogP contribution < -0.4 is 5.32 Å². The lowest BCUT2D eigenvalue weighted by Gasteiger charge is -1.95. The van der Waals surface area contributed by atoms with Crippen LogP contribution in [0.4, 0.5) is 6.01 Å². The van der Waals surface area contributed by atoms with E-state index in [1.165, 1.54) is 6.26 Å². The maximum absolute atomic E-state index is 11.5. The van der Waals surface area contributed by atoms with Crippen molar-refractivity contribution in [3.05, 3.63) is 34.5 Å². The van der Waals surface area contributed by atoms with Crippen molar-refractivity contribution in [3.8, 4) is 0 Å². The summed E-state index contributed by atoms with van der Waals surface area (Å²) in [6.45, 7) is 1.77. The van der Waals surface area contributed by atoms with Gasteiger partial charge in [-0.05, 0) is 35.0 Å². The number of nitrogens with one attached hydrogen (secondary N) is 1. The Morgan fingerprint density at radius 2 is 2.33 bits per heavy atom. The number of anilines is 1. The van der Waals surface area contributed by atoms with Crippen LogP contribution in [0.5, 0.6) is 0 Å². The van der Waals surface area contributed by atoms with E-state index < -0.39 is 5.91 Å². The Labute approximate surface area is 93.6 Å². The molecule has 2 heterocycles. The first-order valence-corrected chi connectivity index (χ1v) is 4.93. The Morgan fingerprint density at radius 1 is 1.53 bits per heavy atom. The summed E-state index contributed by atoms with van der Waals surface area (Å²) in [4.78, 5) is 15.4. The molecule has 0 saturated heterocycles. The van der Waals surface area contributed by atoms with Crippen LogP contribution in [0.3, 0.4) is 0 Å². The molecule has 0 aliphatic heterocycles. The van der Waals surface area contributed by atoms with Gasteiger partial charge in [0.25, 0.3) is 5.91 Å². The van der Waals surface area contributed by atoms with Gasteiger partial charge in [0.2, 0.25) is 0 Å². The van der Waals surface area contributed by atoms with Crippen molar-refractivity contribution >= 4 is 27.9 Å². The van der Waals surface area contributed by atoms with Crippen LogP contribution in [-0.4, -0.2) is 10.9 Å². The van der Waals surface area contributed by atoms with Crippen LogP contribution in [0.1, 0.15) is 16.2 Å². The molecule has 0 fully saturated rings. The molecular formula is C9H7BrN2O3. The fourth-order valence-corrected chi connectivity index (χ4v) is 1.31. The molecule has 15 heavy (non-hydrogen) atoms. The minimum absolute atomic E-state index is 0.157.